The number of halogens is 1. The fourth-order valence-electron chi connectivity index (χ4n) is 2.62. The average molecular weight is 431 g/mol. The molecule has 0 aliphatic heterocycles. The van der Waals surface area contributed by atoms with Crippen LogP contribution in [0.5, 0.6) is 0 Å². The SMILES string of the molecule is Cc1c(C(=O)OCC(=O)Nc2ccc(N(C)C)cc2)oc2ccc(Br)cc12. The van der Waals surface area contributed by atoms with Crippen molar-refractivity contribution in [2.24, 2.45) is 0 Å². The van der Waals surface area contributed by atoms with Gasteiger partial charge in [-0.25, -0.2) is 4.79 Å². The van der Waals surface area contributed by atoms with E-state index >= 15 is 0 Å². The van der Waals surface area contributed by atoms with Crippen molar-refractivity contribution in [2.75, 3.05) is 30.9 Å². The van der Waals surface area contributed by atoms with Crippen LogP contribution in [0.4, 0.5) is 11.4 Å². The maximum absolute atomic E-state index is 12.3. The molecular formula is C20H19BrN2O4. The molecule has 0 atom stereocenters. The Labute approximate surface area is 165 Å². The summed E-state index contributed by atoms with van der Waals surface area (Å²) in [5.41, 5.74) is 2.92. The number of hydrogen-bond acceptors (Lipinski definition) is 5. The standard InChI is InChI=1S/C20H19BrN2O4/c1-12-16-10-13(21)4-9-17(16)27-19(12)20(25)26-11-18(24)22-14-5-7-15(8-6-14)23(2)3/h4-10H,11H2,1-3H3,(H,22,24). The van der Waals surface area contributed by atoms with E-state index in [0.717, 1.165) is 15.5 Å². The van der Waals surface area contributed by atoms with Gasteiger partial charge in [0.05, 0.1) is 0 Å². The lowest BCUT2D eigenvalue weighted by Gasteiger charge is -2.13. The van der Waals surface area contributed by atoms with E-state index in [0.29, 0.717) is 16.8 Å². The summed E-state index contributed by atoms with van der Waals surface area (Å²) >= 11 is 3.39. The Morgan fingerprint density at radius 2 is 1.85 bits per heavy atom. The molecule has 7 heteroatoms. The fourth-order valence-corrected chi connectivity index (χ4v) is 2.99. The monoisotopic (exact) mass is 430 g/mol. The van der Waals surface area contributed by atoms with Gasteiger partial charge in [0, 0.05) is 40.9 Å². The molecule has 2 aromatic carbocycles. The highest BCUT2D eigenvalue weighted by Gasteiger charge is 2.20. The molecule has 3 rings (SSSR count). The number of rotatable bonds is 5. The van der Waals surface area contributed by atoms with Gasteiger partial charge in [-0.1, -0.05) is 15.9 Å². The summed E-state index contributed by atoms with van der Waals surface area (Å²) in [6.07, 6.45) is 0. The van der Waals surface area contributed by atoms with Crippen LogP contribution in [0, 0.1) is 6.92 Å². The van der Waals surface area contributed by atoms with Crippen LogP contribution in [0.2, 0.25) is 0 Å². The smallest absolute Gasteiger partial charge is 0.375 e. The number of anilines is 2. The van der Waals surface area contributed by atoms with Crippen LogP contribution in [0.15, 0.2) is 51.4 Å². The molecule has 0 spiro atoms. The second-order valence-corrected chi connectivity index (χ2v) is 7.18. The number of aryl methyl sites for hydroxylation is 1. The predicted octanol–water partition coefficient (Wildman–Crippen LogP) is 4.37. The van der Waals surface area contributed by atoms with Crippen molar-refractivity contribution in [2.45, 2.75) is 6.92 Å². The molecule has 0 unspecified atom stereocenters. The number of nitrogens with one attached hydrogen (secondary N) is 1. The first-order chi connectivity index (χ1) is 12.8. The van der Waals surface area contributed by atoms with E-state index in [4.69, 9.17) is 9.15 Å². The van der Waals surface area contributed by atoms with Crippen molar-refractivity contribution >= 4 is 50.2 Å². The summed E-state index contributed by atoms with van der Waals surface area (Å²) in [6, 6.07) is 12.8. The van der Waals surface area contributed by atoms with E-state index in [1.165, 1.54) is 0 Å². The maximum atomic E-state index is 12.3. The molecule has 0 aliphatic carbocycles. The lowest BCUT2D eigenvalue weighted by Crippen LogP contribution is -2.21. The van der Waals surface area contributed by atoms with E-state index in [2.05, 4.69) is 21.2 Å². The molecule has 1 N–H and O–H groups in total. The van der Waals surface area contributed by atoms with Crippen LogP contribution in [0.3, 0.4) is 0 Å². The lowest BCUT2D eigenvalue weighted by molar-refractivity contribution is -0.119. The summed E-state index contributed by atoms with van der Waals surface area (Å²) in [5, 5.41) is 3.51. The van der Waals surface area contributed by atoms with E-state index in [1.54, 1.807) is 25.1 Å². The number of benzene rings is 2. The molecule has 140 valence electrons. The molecule has 1 heterocycles. The third kappa shape index (κ3) is 4.31. The van der Waals surface area contributed by atoms with Crippen molar-refractivity contribution in [1.29, 1.82) is 0 Å². The number of ether oxygens (including phenoxy) is 1. The van der Waals surface area contributed by atoms with Gasteiger partial charge in [0.15, 0.2) is 6.61 Å². The Hall–Kier alpha value is -2.80. The van der Waals surface area contributed by atoms with Gasteiger partial charge < -0.3 is 19.4 Å². The molecule has 0 fully saturated rings. The van der Waals surface area contributed by atoms with Crippen LogP contribution < -0.4 is 10.2 Å². The van der Waals surface area contributed by atoms with E-state index < -0.39 is 18.5 Å². The first-order valence-corrected chi connectivity index (χ1v) is 9.07. The van der Waals surface area contributed by atoms with Gasteiger partial charge in [0.2, 0.25) is 5.76 Å². The van der Waals surface area contributed by atoms with Crippen molar-refractivity contribution < 1.29 is 18.7 Å². The van der Waals surface area contributed by atoms with Crippen molar-refractivity contribution in [3.63, 3.8) is 0 Å². The summed E-state index contributed by atoms with van der Waals surface area (Å²) in [4.78, 5) is 26.3. The van der Waals surface area contributed by atoms with Crippen molar-refractivity contribution in [3.05, 3.63) is 58.3 Å². The fraction of sp³-hybridized carbons (Fsp3) is 0.200. The van der Waals surface area contributed by atoms with Crippen molar-refractivity contribution in [3.8, 4) is 0 Å². The Kier molecular flexibility index (Phi) is 5.51. The van der Waals surface area contributed by atoms with Gasteiger partial charge in [-0.15, -0.1) is 0 Å². The molecule has 0 aliphatic rings. The topological polar surface area (TPSA) is 71.8 Å². The first kappa shape index (κ1) is 19.0. The number of carbonyl (C=O) groups is 2. The maximum Gasteiger partial charge on any atom is 0.375 e. The quantitative estimate of drug-likeness (QED) is 0.608. The lowest BCUT2D eigenvalue weighted by atomic mass is 10.1. The number of hydrogen-bond donors (Lipinski definition) is 1. The minimum Gasteiger partial charge on any atom is -0.450 e. The van der Waals surface area contributed by atoms with Crippen LogP contribution >= 0.6 is 15.9 Å². The van der Waals surface area contributed by atoms with Crippen molar-refractivity contribution in [1.82, 2.24) is 0 Å². The molecule has 3 aromatic rings. The van der Waals surface area contributed by atoms with Crippen LogP contribution in [0.25, 0.3) is 11.0 Å². The highest BCUT2D eigenvalue weighted by molar-refractivity contribution is 9.10. The van der Waals surface area contributed by atoms with Gasteiger partial charge in [0.25, 0.3) is 5.91 Å². The van der Waals surface area contributed by atoms with E-state index in [-0.39, 0.29) is 5.76 Å². The van der Waals surface area contributed by atoms with Gasteiger partial charge in [-0.05, 0) is 49.4 Å². The Balaban J connectivity index is 1.62. The molecule has 0 saturated carbocycles. The van der Waals surface area contributed by atoms with Gasteiger partial charge in [-0.2, -0.15) is 0 Å². The van der Waals surface area contributed by atoms with E-state index in [9.17, 15) is 9.59 Å². The normalized spacial score (nSPS) is 10.7. The van der Waals surface area contributed by atoms with Crippen LogP contribution in [-0.2, 0) is 9.53 Å². The molecule has 6 nitrogen and oxygen atoms in total. The largest absolute Gasteiger partial charge is 0.450 e. The number of carbonyl (C=O) groups excluding carboxylic acids is 2. The number of fused-ring (bicyclic) bond motifs is 1. The van der Waals surface area contributed by atoms with Gasteiger partial charge in [-0.3, -0.25) is 4.79 Å². The highest BCUT2D eigenvalue weighted by Crippen LogP contribution is 2.28. The molecule has 0 bridgehead atoms. The third-order valence-corrected chi connectivity index (χ3v) is 4.58. The molecule has 1 aromatic heterocycles. The minimum atomic E-state index is -0.669. The highest BCUT2D eigenvalue weighted by atomic mass is 79.9. The average Bonchev–Trinajstić information content (AvgIpc) is 2.96. The first-order valence-electron chi connectivity index (χ1n) is 8.28. The molecule has 27 heavy (non-hydrogen) atoms. The summed E-state index contributed by atoms with van der Waals surface area (Å²) in [6.45, 7) is 1.38. The second kappa shape index (κ2) is 7.84. The molecule has 1 amide bonds. The Bertz CT molecular complexity index is 993. The zero-order valence-electron chi connectivity index (χ0n) is 15.2. The molecule has 0 saturated heterocycles. The second-order valence-electron chi connectivity index (χ2n) is 6.26. The predicted molar refractivity (Wildman–Crippen MR) is 108 cm³/mol. The number of nitrogens with zero attached hydrogens (tertiary/aromatic N) is 1. The summed E-state index contributed by atoms with van der Waals surface area (Å²) in [7, 11) is 3.87. The Morgan fingerprint density at radius 1 is 1.15 bits per heavy atom. The minimum absolute atomic E-state index is 0.103. The number of esters is 1. The van der Waals surface area contributed by atoms with Crippen LogP contribution in [0.1, 0.15) is 16.1 Å². The summed E-state index contributed by atoms with van der Waals surface area (Å²) < 4.78 is 11.6. The zero-order chi connectivity index (χ0) is 19.6. The van der Waals surface area contributed by atoms with Crippen LogP contribution in [-0.4, -0.2) is 32.6 Å². The number of furan rings is 1. The van der Waals surface area contributed by atoms with E-state index in [1.807, 2.05) is 43.3 Å². The summed E-state index contributed by atoms with van der Waals surface area (Å²) in [5.74, 6) is -0.985. The van der Waals surface area contributed by atoms with Gasteiger partial charge >= 0.3 is 5.97 Å². The molecular weight excluding hydrogens is 412 g/mol. The number of amides is 1. The zero-order valence-corrected chi connectivity index (χ0v) is 16.8. The Morgan fingerprint density at radius 3 is 2.52 bits per heavy atom. The van der Waals surface area contributed by atoms with Gasteiger partial charge in [0.1, 0.15) is 5.58 Å². The third-order valence-electron chi connectivity index (χ3n) is 4.09. The molecule has 0 radical (unpaired) electrons.